The van der Waals surface area contributed by atoms with Gasteiger partial charge in [0.05, 0.1) is 6.42 Å². The van der Waals surface area contributed by atoms with Crippen molar-refractivity contribution in [2.24, 2.45) is 0 Å². The van der Waals surface area contributed by atoms with Gasteiger partial charge in [0, 0.05) is 43.5 Å². The quantitative estimate of drug-likeness (QED) is 0.823. The van der Waals surface area contributed by atoms with E-state index in [4.69, 9.17) is 0 Å². The number of nitrogens with zero attached hydrogens (tertiary/aromatic N) is 2. The van der Waals surface area contributed by atoms with Crippen LogP contribution in [0.1, 0.15) is 52.6 Å². The van der Waals surface area contributed by atoms with E-state index in [-0.39, 0.29) is 23.9 Å². The van der Waals surface area contributed by atoms with Gasteiger partial charge in [-0.25, -0.2) is 4.39 Å². The number of likely N-dealkylation sites (N-methyl/N-ethyl adjacent to an activating group) is 1. The fourth-order valence-corrected chi connectivity index (χ4v) is 3.65. The standard InChI is InChI=1S/C21H25FN2O2/c1-4-23(3)20(26)12-17-14(2)24(13-15-8-10-16(22)11-9-15)18-6-5-7-19(25)21(17)18/h8-11H,4-7,12-13H2,1-3H3. The molecule has 1 amide bonds. The lowest BCUT2D eigenvalue weighted by Crippen LogP contribution is -2.28. The second kappa shape index (κ2) is 7.44. The molecule has 0 atom stereocenters. The van der Waals surface area contributed by atoms with Crippen LogP contribution in [0.5, 0.6) is 0 Å². The maximum Gasteiger partial charge on any atom is 0.226 e. The Labute approximate surface area is 153 Å². The number of fused-ring (bicyclic) bond motifs is 1. The Kier molecular flexibility index (Phi) is 5.25. The van der Waals surface area contributed by atoms with Gasteiger partial charge in [0.1, 0.15) is 5.82 Å². The molecular formula is C21H25FN2O2. The molecule has 0 N–H and O–H groups in total. The van der Waals surface area contributed by atoms with Crippen LogP contribution in [0.15, 0.2) is 24.3 Å². The van der Waals surface area contributed by atoms with Gasteiger partial charge in [-0.05, 0) is 49.9 Å². The molecule has 0 radical (unpaired) electrons. The fraction of sp³-hybridized carbons (Fsp3) is 0.429. The molecule has 1 aliphatic rings. The minimum absolute atomic E-state index is 0.0238. The van der Waals surface area contributed by atoms with E-state index < -0.39 is 0 Å². The number of aromatic nitrogens is 1. The third-order valence-corrected chi connectivity index (χ3v) is 5.34. The Hall–Kier alpha value is -2.43. The van der Waals surface area contributed by atoms with Crippen LogP contribution in [0, 0.1) is 12.7 Å². The lowest BCUT2D eigenvalue weighted by molar-refractivity contribution is -0.128. The Balaban J connectivity index is 2.02. The van der Waals surface area contributed by atoms with Gasteiger partial charge in [-0.2, -0.15) is 0 Å². The van der Waals surface area contributed by atoms with Crippen LogP contribution < -0.4 is 0 Å². The van der Waals surface area contributed by atoms with E-state index in [9.17, 15) is 14.0 Å². The average molecular weight is 356 g/mol. The first kappa shape index (κ1) is 18.4. The van der Waals surface area contributed by atoms with Crippen molar-refractivity contribution in [1.29, 1.82) is 0 Å². The summed E-state index contributed by atoms with van der Waals surface area (Å²) in [4.78, 5) is 26.7. The molecule has 1 aromatic carbocycles. The van der Waals surface area contributed by atoms with Crippen molar-refractivity contribution in [1.82, 2.24) is 9.47 Å². The number of rotatable bonds is 5. The summed E-state index contributed by atoms with van der Waals surface area (Å²) in [6.45, 7) is 5.14. The van der Waals surface area contributed by atoms with Gasteiger partial charge in [-0.1, -0.05) is 12.1 Å². The smallest absolute Gasteiger partial charge is 0.226 e. The van der Waals surface area contributed by atoms with E-state index in [1.165, 1.54) is 12.1 Å². The Morgan fingerprint density at radius 2 is 1.92 bits per heavy atom. The predicted molar refractivity (Wildman–Crippen MR) is 99.0 cm³/mol. The molecule has 0 bridgehead atoms. The highest BCUT2D eigenvalue weighted by molar-refractivity contribution is 6.01. The van der Waals surface area contributed by atoms with Crippen molar-refractivity contribution in [2.75, 3.05) is 13.6 Å². The zero-order valence-corrected chi connectivity index (χ0v) is 15.6. The zero-order chi connectivity index (χ0) is 18.8. The molecule has 5 heteroatoms. The number of ketones is 1. The van der Waals surface area contributed by atoms with Gasteiger partial charge < -0.3 is 9.47 Å². The number of amides is 1. The topological polar surface area (TPSA) is 42.3 Å². The highest BCUT2D eigenvalue weighted by atomic mass is 19.1. The van der Waals surface area contributed by atoms with Crippen molar-refractivity contribution in [3.63, 3.8) is 0 Å². The van der Waals surface area contributed by atoms with E-state index in [0.717, 1.165) is 40.9 Å². The van der Waals surface area contributed by atoms with Crippen molar-refractivity contribution >= 4 is 11.7 Å². The molecule has 0 aliphatic heterocycles. The van der Waals surface area contributed by atoms with Crippen LogP contribution >= 0.6 is 0 Å². The summed E-state index contributed by atoms with van der Waals surface area (Å²) in [5.74, 6) is -0.103. The highest BCUT2D eigenvalue weighted by Gasteiger charge is 2.29. The number of hydrogen-bond acceptors (Lipinski definition) is 2. The van der Waals surface area contributed by atoms with E-state index in [1.54, 1.807) is 24.1 Å². The van der Waals surface area contributed by atoms with Gasteiger partial charge in [-0.15, -0.1) is 0 Å². The second-order valence-corrected chi connectivity index (χ2v) is 6.96. The van der Waals surface area contributed by atoms with Gasteiger partial charge in [0.15, 0.2) is 5.78 Å². The number of carbonyl (C=O) groups is 2. The van der Waals surface area contributed by atoms with E-state index >= 15 is 0 Å². The maximum absolute atomic E-state index is 13.2. The van der Waals surface area contributed by atoms with Crippen molar-refractivity contribution < 1.29 is 14.0 Å². The Bertz CT molecular complexity index is 837. The van der Waals surface area contributed by atoms with E-state index in [1.807, 2.05) is 13.8 Å². The lowest BCUT2D eigenvalue weighted by Gasteiger charge is -2.16. The molecule has 0 saturated carbocycles. The van der Waals surface area contributed by atoms with Gasteiger partial charge in [-0.3, -0.25) is 9.59 Å². The molecule has 1 aliphatic carbocycles. The molecule has 0 unspecified atom stereocenters. The largest absolute Gasteiger partial charge is 0.346 e. The molecule has 1 heterocycles. The minimum Gasteiger partial charge on any atom is -0.346 e. The SMILES string of the molecule is CCN(C)C(=O)Cc1c2c(n(Cc3ccc(F)cc3)c1C)CCCC2=O. The van der Waals surface area contributed by atoms with Gasteiger partial charge in [0.25, 0.3) is 0 Å². The average Bonchev–Trinajstić information content (AvgIpc) is 2.89. The molecule has 138 valence electrons. The van der Waals surface area contributed by atoms with Gasteiger partial charge >= 0.3 is 0 Å². The lowest BCUT2D eigenvalue weighted by atomic mass is 9.92. The monoisotopic (exact) mass is 356 g/mol. The number of carbonyl (C=O) groups excluding carboxylic acids is 2. The Morgan fingerprint density at radius 3 is 2.58 bits per heavy atom. The first-order valence-electron chi connectivity index (χ1n) is 9.14. The summed E-state index contributed by atoms with van der Waals surface area (Å²) >= 11 is 0. The zero-order valence-electron chi connectivity index (χ0n) is 15.6. The van der Waals surface area contributed by atoms with E-state index in [2.05, 4.69) is 4.57 Å². The van der Waals surface area contributed by atoms with Crippen LogP contribution in [0.2, 0.25) is 0 Å². The molecule has 26 heavy (non-hydrogen) atoms. The molecule has 4 nitrogen and oxygen atoms in total. The maximum atomic E-state index is 13.2. The summed E-state index contributed by atoms with van der Waals surface area (Å²) in [7, 11) is 1.78. The molecular weight excluding hydrogens is 331 g/mol. The summed E-state index contributed by atoms with van der Waals surface area (Å²) in [5, 5.41) is 0. The highest BCUT2D eigenvalue weighted by Crippen LogP contribution is 2.31. The van der Waals surface area contributed by atoms with Crippen molar-refractivity contribution in [2.45, 2.75) is 46.1 Å². The van der Waals surface area contributed by atoms with Crippen LogP contribution in [0.25, 0.3) is 0 Å². The predicted octanol–water partition coefficient (Wildman–Crippen LogP) is 3.52. The second-order valence-electron chi connectivity index (χ2n) is 6.96. The Morgan fingerprint density at radius 1 is 1.23 bits per heavy atom. The fourth-order valence-electron chi connectivity index (χ4n) is 3.65. The first-order valence-corrected chi connectivity index (χ1v) is 9.14. The third kappa shape index (κ3) is 3.43. The first-order chi connectivity index (χ1) is 12.4. The van der Waals surface area contributed by atoms with Gasteiger partial charge in [0.2, 0.25) is 5.91 Å². The molecule has 0 saturated heterocycles. The van der Waals surface area contributed by atoms with Crippen molar-refractivity contribution in [3.05, 3.63) is 58.2 Å². The summed E-state index contributed by atoms with van der Waals surface area (Å²) in [6, 6.07) is 6.43. The number of Topliss-reactive ketones (excluding diaryl/α,β-unsaturated/α-hetero) is 1. The van der Waals surface area contributed by atoms with Crippen LogP contribution in [-0.4, -0.2) is 34.7 Å². The molecule has 0 fully saturated rings. The number of hydrogen-bond donors (Lipinski definition) is 0. The van der Waals surface area contributed by atoms with E-state index in [0.29, 0.717) is 19.5 Å². The van der Waals surface area contributed by atoms with Crippen LogP contribution in [-0.2, 0) is 24.2 Å². The van der Waals surface area contributed by atoms with Crippen LogP contribution in [0.4, 0.5) is 4.39 Å². The van der Waals surface area contributed by atoms with Crippen molar-refractivity contribution in [3.8, 4) is 0 Å². The number of benzene rings is 1. The molecule has 0 spiro atoms. The normalized spacial score (nSPS) is 13.6. The molecule has 3 rings (SSSR count). The minimum atomic E-state index is -0.260. The summed E-state index contributed by atoms with van der Waals surface area (Å²) in [6.07, 6.45) is 2.46. The summed E-state index contributed by atoms with van der Waals surface area (Å²) in [5.41, 5.74) is 4.57. The molecule has 1 aromatic heterocycles. The summed E-state index contributed by atoms with van der Waals surface area (Å²) < 4.78 is 15.3. The third-order valence-electron chi connectivity index (χ3n) is 5.34. The van der Waals surface area contributed by atoms with Crippen LogP contribution in [0.3, 0.4) is 0 Å². The molecule has 2 aromatic rings. The number of halogens is 1.